The van der Waals surface area contributed by atoms with Crippen LogP contribution in [0.4, 0.5) is 4.79 Å². The van der Waals surface area contributed by atoms with Crippen molar-refractivity contribution in [1.29, 1.82) is 0 Å². The van der Waals surface area contributed by atoms with Crippen LogP contribution >= 0.6 is 0 Å². The average molecular weight is 296 g/mol. The number of allylic oxidation sites excluding steroid dienone is 1. The van der Waals surface area contributed by atoms with Crippen LogP contribution in [0.1, 0.15) is 52.4 Å². The summed E-state index contributed by atoms with van der Waals surface area (Å²) >= 11 is 0. The highest BCUT2D eigenvalue weighted by Crippen LogP contribution is 2.19. The number of carbonyl (C=O) groups excluding carboxylic acids is 2. The first kappa shape index (κ1) is 17.5. The summed E-state index contributed by atoms with van der Waals surface area (Å²) in [7, 11) is 1.34. The molecule has 2 N–H and O–H groups in total. The van der Waals surface area contributed by atoms with Crippen LogP contribution in [0.2, 0.25) is 0 Å². The summed E-state index contributed by atoms with van der Waals surface area (Å²) in [5, 5.41) is 5.51. The molecule has 0 fully saturated rings. The minimum absolute atomic E-state index is 0.303. The van der Waals surface area contributed by atoms with Gasteiger partial charge < -0.3 is 15.4 Å². The highest BCUT2D eigenvalue weighted by molar-refractivity contribution is 5.83. The Kier molecular flexibility index (Phi) is 7.87. The molecule has 0 aromatic carbocycles. The van der Waals surface area contributed by atoms with Crippen molar-refractivity contribution in [2.24, 2.45) is 5.92 Å². The Labute approximate surface area is 127 Å². The smallest absolute Gasteiger partial charge is 0.328 e. The third kappa shape index (κ3) is 7.16. The number of carbonyl (C=O) groups is 2. The maximum Gasteiger partial charge on any atom is 0.328 e. The SMILES string of the molecule is COC(=O)[C@H](CC(C)C)NC(=O)NCCC1=CCCCC1. The van der Waals surface area contributed by atoms with Gasteiger partial charge in [-0.2, -0.15) is 0 Å². The van der Waals surface area contributed by atoms with Gasteiger partial charge in [0.15, 0.2) is 0 Å². The van der Waals surface area contributed by atoms with Crippen LogP contribution < -0.4 is 10.6 Å². The Hall–Kier alpha value is -1.52. The second kappa shape index (κ2) is 9.42. The van der Waals surface area contributed by atoms with Crippen LogP contribution in [0.3, 0.4) is 0 Å². The minimum Gasteiger partial charge on any atom is -0.467 e. The van der Waals surface area contributed by atoms with Crippen LogP contribution in [-0.4, -0.2) is 31.7 Å². The molecule has 0 aliphatic heterocycles. The molecule has 5 heteroatoms. The van der Waals surface area contributed by atoms with Gasteiger partial charge in [-0.05, 0) is 44.4 Å². The highest BCUT2D eigenvalue weighted by Gasteiger charge is 2.22. The van der Waals surface area contributed by atoms with E-state index in [-0.39, 0.29) is 6.03 Å². The van der Waals surface area contributed by atoms with Crippen LogP contribution in [0, 0.1) is 5.92 Å². The van der Waals surface area contributed by atoms with E-state index in [2.05, 4.69) is 16.7 Å². The van der Waals surface area contributed by atoms with E-state index in [1.807, 2.05) is 13.8 Å². The lowest BCUT2D eigenvalue weighted by atomic mass is 9.97. The quantitative estimate of drug-likeness (QED) is 0.561. The summed E-state index contributed by atoms with van der Waals surface area (Å²) in [5.74, 6) is -0.0874. The lowest BCUT2D eigenvalue weighted by molar-refractivity contribution is -0.143. The molecular weight excluding hydrogens is 268 g/mol. The molecule has 1 rings (SSSR count). The molecule has 1 aliphatic carbocycles. The molecule has 0 unspecified atom stereocenters. The molecule has 2 amide bonds. The molecule has 0 saturated carbocycles. The number of nitrogens with one attached hydrogen (secondary N) is 2. The number of hydrogen-bond acceptors (Lipinski definition) is 3. The summed E-state index contributed by atoms with van der Waals surface area (Å²) in [4.78, 5) is 23.5. The van der Waals surface area contributed by atoms with Crippen molar-refractivity contribution in [3.05, 3.63) is 11.6 Å². The van der Waals surface area contributed by atoms with E-state index < -0.39 is 12.0 Å². The summed E-state index contributed by atoms with van der Waals surface area (Å²) < 4.78 is 4.72. The third-order valence-corrected chi connectivity index (χ3v) is 3.61. The summed E-state index contributed by atoms with van der Waals surface area (Å²) in [5.41, 5.74) is 1.42. The maximum absolute atomic E-state index is 11.8. The summed E-state index contributed by atoms with van der Waals surface area (Å²) in [6.07, 6.45) is 8.55. The zero-order valence-corrected chi connectivity index (χ0v) is 13.4. The Balaban J connectivity index is 2.32. The molecule has 1 aliphatic rings. The Morgan fingerprint density at radius 2 is 2.10 bits per heavy atom. The van der Waals surface area contributed by atoms with Crippen molar-refractivity contribution in [3.63, 3.8) is 0 Å². The fraction of sp³-hybridized carbons (Fsp3) is 0.750. The molecular formula is C16H28N2O3. The van der Waals surface area contributed by atoms with Gasteiger partial charge in [0.05, 0.1) is 7.11 Å². The molecule has 0 spiro atoms. The lowest BCUT2D eigenvalue weighted by Crippen LogP contribution is -2.47. The fourth-order valence-electron chi connectivity index (χ4n) is 2.51. The van der Waals surface area contributed by atoms with Crippen molar-refractivity contribution >= 4 is 12.0 Å². The molecule has 0 aromatic rings. The molecule has 0 heterocycles. The number of hydrogen-bond donors (Lipinski definition) is 2. The second-order valence-corrected chi connectivity index (χ2v) is 5.96. The Morgan fingerprint density at radius 1 is 1.33 bits per heavy atom. The van der Waals surface area contributed by atoms with Crippen molar-refractivity contribution in [1.82, 2.24) is 10.6 Å². The fourth-order valence-corrected chi connectivity index (χ4v) is 2.51. The van der Waals surface area contributed by atoms with Gasteiger partial charge >= 0.3 is 12.0 Å². The molecule has 0 bridgehead atoms. The number of amides is 2. The number of ether oxygens (including phenoxy) is 1. The highest BCUT2D eigenvalue weighted by atomic mass is 16.5. The molecule has 120 valence electrons. The van der Waals surface area contributed by atoms with Gasteiger partial charge in [0.2, 0.25) is 0 Å². The molecule has 21 heavy (non-hydrogen) atoms. The van der Waals surface area contributed by atoms with Crippen LogP contribution in [-0.2, 0) is 9.53 Å². The molecule has 0 radical (unpaired) electrons. The summed E-state index contributed by atoms with van der Waals surface area (Å²) in [6, 6.07) is -0.883. The normalized spacial score (nSPS) is 16.1. The van der Waals surface area contributed by atoms with E-state index in [4.69, 9.17) is 4.74 Å². The van der Waals surface area contributed by atoms with Gasteiger partial charge in [0.25, 0.3) is 0 Å². The average Bonchev–Trinajstić information content (AvgIpc) is 2.46. The molecule has 0 saturated heterocycles. The second-order valence-electron chi connectivity index (χ2n) is 5.96. The Bertz CT molecular complexity index is 378. The van der Waals surface area contributed by atoms with Gasteiger partial charge in [-0.1, -0.05) is 25.5 Å². The van der Waals surface area contributed by atoms with E-state index >= 15 is 0 Å². The lowest BCUT2D eigenvalue weighted by Gasteiger charge is -2.19. The van der Waals surface area contributed by atoms with E-state index in [1.54, 1.807) is 0 Å². The van der Waals surface area contributed by atoms with Gasteiger partial charge in [0.1, 0.15) is 6.04 Å². The van der Waals surface area contributed by atoms with Gasteiger partial charge in [0, 0.05) is 6.54 Å². The van der Waals surface area contributed by atoms with E-state index in [1.165, 1.54) is 25.5 Å². The van der Waals surface area contributed by atoms with E-state index in [0.717, 1.165) is 19.3 Å². The Morgan fingerprint density at radius 3 is 2.67 bits per heavy atom. The van der Waals surface area contributed by atoms with Crippen molar-refractivity contribution in [2.75, 3.05) is 13.7 Å². The van der Waals surface area contributed by atoms with Crippen LogP contribution in [0.25, 0.3) is 0 Å². The molecule has 5 nitrogen and oxygen atoms in total. The maximum atomic E-state index is 11.8. The van der Waals surface area contributed by atoms with Gasteiger partial charge in [-0.25, -0.2) is 9.59 Å². The standard InChI is InChI=1S/C16H28N2O3/c1-12(2)11-14(15(19)21-3)18-16(20)17-10-9-13-7-5-4-6-8-13/h7,12,14H,4-6,8-11H2,1-3H3,(H2,17,18,20)/t14-/m0/s1. The number of esters is 1. The van der Waals surface area contributed by atoms with Crippen molar-refractivity contribution < 1.29 is 14.3 Å². The molecule has 1 atom stereocenters. The van der Waals surface area contributed by atoms with Crippen LogP contribution in [0.5, 0.6) is 0 Å². The topological polar surface area (TPSA) is 67.4 Å². The zero-order valence-electron chi connectivity index (χ0n) is 13.4. The van der Waals surface area contributed by atoms with Gasteiger partial charge in [-0.15, -0.1) is 0 Å². The van der Waals surface area contributed by atoms with Crippen molar-refractivity contribution in [3.8, 4) is 0 Å². The number of rotatable bonds is 7. The summed E-state index contributed by atoms with van der Waals surface area (Å²) in [6.45, 7) is 4.61. The number of methoxy groups -OCH3 is 1. The minimum atomic E-state index is -0.580. The monoisotopic (exact) mass is 296 g/mol. The predicted molar refractivity (Wildman–Crippen MR) is 83.0 cm³/mol. The van der Waals surface area contributed by atoms with Gasteiger partial charge in [-0.3, -0.25) is 0 Å². The largest absolute Gasteiger partial charge is 0.467 e. The van der Waals surface area contributed by atoms with Crippen LogP contribution in [0.15, 0.2) is 11.6 Å². The first-order chi connectivity index (χ1) is 10.0. The zero-order chi connectivity index (χ0) is 15.7. The number of urea groups is 1. The van der Waals surface area contributed by atoms with E-state index in [0.29, 0.717) is 18.9 Å². The molecule has 0 aromatic heterocycles. The first-order valence-corrected chi connectivity index (χ1v) is 7.83. The first-order valence-electron chi connectivity index (χ1n) is 7.83. The predicted octanol–water partition coefficient (Wildman–Crippen LogP) is 2.76. The van der Waals surface area contributed by atoms with E-state index in [9.17, 15) is 9.59 Å². The van der Waals surface area contributed by atoms with Crippen molar-refractivity contribution in [2.45, 2.75) is 58.4 Å². The third-order valence-electron chi connectivity index (χ3n) is 3.61.